The first-order valence-electron chi connectivity index (χ1n) is 24.6. The predicted octanol–water partition coefficient (Wildman–Crippen LogP) is -15.2. The second-order valence-corrected chi connectivity index (χ2v) is 19.7. The second-order valence-electron chi connectivity index (χ2n) is 19.7. The lowest BCUT2D eigenvalue weighted by molar-refractivity contribution is -0.404. The molecule has 35 nitrogen and oxygen atoms in total. The molecule has 17 saturated heterocycles. The van der Waals surface area contributed by atoms with Gasteiger partial charge in [0.1, 0.15) is 171 Å². The summed E-state index contributed by atoms with van der Waals surface area (Å²) in [6, 6.07) is 0. The first-order valence-corrected chi connectivity index (χ1v) is 24.6. The zero-order valence-electron chi connectivity index (χ0n) is 40.3. The van der Waals surface area contributed by atoms with Gasteiger partial charge in [-0.2, -0.15) is 0 Å². The molecular weight excluding hydrogens is 1060 g/mol. The lowest BCUT2D eigenvalue weighted by Crippen LogP contribution is -2.69. The van der Waals surface area contributed by atoms with Crippen LogP contribution in [-0.4, -0.2) is 368 Å². The van der Waals surface area contributed by atoms with Gasteiger partial charge in [-0.3, -0.25) is 0 Å². The van der Waals surface area contributed by atoms with Crippen LogP contribution in [0.5, 0.6) is 0 Å². The van der Waals surface area contributed by atoms with E-state index < -0.39 is 261 Å². The highest BCUT2D eigenvalue weighted by molar-refractivity contribution is 5.01. The first kappa shape index (κ1) is 61.7. The van der Waals surface area contributed by atoms with Gasteiger partial charge >= 0.3 is 0 Å². The maximum Gasteiger partial charge on any atom is 0.187 e. The highest BCUT2D eigenvalue weighted by atomic mass is 16.8. The fourth-order valence-corrected chi connectivity index (χ4v) is 10.4. The standard InChI is InChI=1S/C42H70O35/c43-1-8-15(50)35-28(63)42(64-8)76-34-14(7-49)69-40(26(61)20(34)55)74-32-12(5-47)67-38(24(59)18(32)53)72-30-10(3-45)65-36(22(57)16(30)51)71-29-9(2-44)66-37(23(58)17(29)52)73-31-11(4-46)68-39(25(60)19(31)54)75-33-13(6-48)70-41(77-35)27(62)21(33)56/h8-63H,1-7H2/t8-,9-,10-,11-,12-,13-,14-,15-,16-,17-,18-,19-,20-,21-,22-,23-,24-,25-,26-,27-,28-,29-,30-,31-,32-,33-,34-,35+,36-,37-,38-,39-,40-,41-,42-/m1/s1. The third kappa shape index (κ3) is 12.1. The molecule has 21 N–H and O–H groups in total. The molecule has 0 amide bonds. The highest BCUT2D eigenvalue weighted by Crippen LogP contribution is 2.39. The molecule has 0 aromatic carbocycles. The number of hydrogen-bond donors (Lipinski definition) is 21. The molecule has 0 unspecified atom stereocenters. The van der Waals surface area contributed by atoms with Crippen molar-refractivity contribution >= 4 is 0 Å². The van der Waals surface area contributed by atoms with E-state index in [0.717, 1.165) is 0 Å². The summed E-state index contributed by atoms with van der Waals surface area (Å²) in [5, 5.41) is 231. The van der Waals surface area contributed by atoms with Crippen molar-refractivity contribution in [2.75, 3.05) is 46.2 Å². The van der Waals surface area contributed by atoms with Crippen molar-refractivity contribution in [3.05, 3.63) is 0 Å². The monoisotopic (exact) mass is 1130 g/mol. The third-order valence-electron chi connectivity index (χ3n) is 14.8. The number of rotatable bonds is 7. The van der Waals surface area contributed by atoms with E-state index in [1.807, 2.05) is 0 Å². The van der Waals surface area contributed by atoms with Crippen LogP contribution in [0.1, 0.15) is 0 Å². The van der Waals surface area contributed by atoms with Gasteiger partial charge in [-0.05, 0) is 0 Å². The summed E-state index contributed by atoms with van der Waals surface area (Å²) in [5.41, 5.74) is 0. The Balaban J connectivity index is 1.09. The van der Waals surface area contributed by atoms with Crippen molar-refractivity contribution in [3.63, 3.8) is 0 Å². The van der Waals surface area contributed by atoms with Crippen LogP contribution in [0.2, 0.25) is 0 Å². The maximum atomic E-state index is 11.5. The summed E-state index contributed by atoms with van der Waals surface area (Å²) >= 11 is 0. The third-order valence-corrected chi connectivity index (χ3v) is 14.8. The van der Waals surface area contributed by atoms with E-state index in [2.05, 4.69) is 0 Å². The Morgan fingerprint density at radius 1 is 0.156 bits per heavy atom. The minimum atomic E-state index is -2.25. The summed E-state index contributed by atoms with van der Waals surface area (Å²) < 4.78 is 79.5. The molecule has 0 radical (unpaired) electrons. The van der Waals surface area contributed by atoms with Gasteiger partial charge in [0.05, 0.1) is 46.2 Å². The minimum absolute atomic E-state index is 1.02. The molecule has 14 bridgehead atoms. The number of aliphatic hydroxyl groups is 21. The van der Waals surface area contributed by atoms with Crippen molar-refractivity contribution in [3.8, 4) is 0 Å². The largest absolute Gasteiger partial charge is 0.394 e. The molecule has 0 saturated carbocycles. The van der Waals surface area contributed by atoms with E-state index in [4.69, 9.17) is 66.3 Å². The first-order chi connectivity index (χ1) is 36.7. The summed E-state index contributed by atoms with van der Waals surface area (Å²) in [5.74, 6) is 0. The summed E-state index contributed by atoms with van der Waals surface area (Å²) in [7, 11) is 0. The Hall–Kier alpha value is -1.40. The SMILES string of the molecule is OC[C@H]1O[C@@H]2O[C@H]3[C@H](O)[C@@H](O)[C@@H](O[C@H]4[C@H](O)[C@@H](O)[C@@H](O[C@H]5[C@H](O)[C@@H](O)[C@@H](O[C@H]6[C@H](O)[C@@H](O)[C@@H](O[C@H]7[C@H](O)[C@@H](O)[C@@H](O[C@H]8[C@H](O)[C@@H](O)[C@@H](O[C@H]([C@H]2O)[C@@H]1O)O[C@@H]8CO)O[C@@H]7CO)O[C@@H]6CO)O[C@@H]5CO)O[C@@H]4CO)O[C@@H]3CO. The molecule has 0 aliphatic carbocycles. The van der Waals surface area contributed by atoms with Crippen LogP contribution in [0.3, 0.4) is 0 Å². The molecule has 0 aromatic rings. The van der Waals surface area contributed by atoms with E-state index in [0.29, 0.717) is 0 Å². The van der Waals surface area contributed by atoms with Crippen LogP contribution in [0, 0.1) is 0 Å². The Morgan fingerprint density at radius 3 is 0.494 bits per heavy atom. The van der Waals surface area contributed by atoms with E-state index >= 15 is 0 Å². The fourth-order valence-electron chi connectivity index (χ4n) is 10.4. The van der Waals surface area contributed by atoms with E-state index in [-0.39, 0.29) is 0 Å². The van der Waals surface area contributed by atoms with Crippen molar-refractivity contribution in [2.24, 2.45) is 0 Å². The number of hydrogen-bond acceptors (Lipinski definition) is 35. The van der Waals surface area contributed by atoms with Crippen molar-refractivity contribution in [2.45, 2.75) is 215 Å². The summed E-state index contributed by atoms with van der Waals surface area (Å²) in [6.07, 6.45) is -70.6. The van der Waals surface area contributed by atoms with E-state index in [9.17, 15) is 107 Å². The Bertz CT molecular complexity index is 1820. The topological polar surface area (TPSA) is 554 Å². The van der Waals surface area contributed by atoms with Crippen molar-refractivity contribution in [1.82, 2.24) is 0 Å². The zero-order chi connectivity index (χ0) is 56.1. The zero-order valence-corrected chi connectivity index (χ0v) is 40.3. The molecule has 35 atom stereocenters. The number of aliphatic hydroxyl groups excluding tert-OH is 21. The molecular formula is C42H70O35. The minimum Gasteiger partial charge on any atom is -0.394 e. The van der Waals surface area contributed by atoms with Crippen LogP contribution >= 0.6 is 0 Å². The van der Waals surface area contributed by atoms with Crippen molar-refractivity contribution in [1.29, 1.82) is 0 Å². The smallest absolute Gasteiger partial charge is 0.187 e. The Kier molecular flexibility index (Phi) is 20.8. The molecule has 0 aromatic heterocycles. The fraction of sp³-hybridized carbons (Fsp3) is 1.00. The quantitative estimate of drug-likeness (QED) is 0.113. The molecule has 17 heterocycles. The van der Waals surface area contributed by atoms with Gasteiger partial charge in [-0.25, -0.2) is 0 Å². The van der Waals surface area contributed by atoms with Gasteiger partial charge in [0, 0.05) is 0 Å². The molecule has 35 heteroatoms. The van der Waals surface area contributed by atoms with E-state index in [1.165, 1.54) is 0 Å². The average molecular weight is 1130 g/mol. The molecule has 448 valence electrons. The molecule has 77 heavy (non-hydrogen) atoms. The van der Waals surface area contributed by atoms with Crippen LogP contribution < -0.4 is 0 Å². The summed E-state index contributed by atoms with van der Waals surface area (Å²) in [4.78, 5) is 0. The maximum absolute atomic E-state index is 11.5. The normalized spacial score (nSPS) is 55.4. The van der Waals surface area contributed by atoms with Crippen LogP contribution in [0.4, 0.5) is 0 Å². The van der Waals surface area contributed by atoms with E-state index in [1.54, 1.807) is 0 Å². The van der Waals surface area contributed by atoms with Crippen LogP contribution in [0.25, 0.3) is 0 Å². The second kappa shape index (κ2) is 26.0. The van der Waals surface area contributed by atoms with Crippen LogP contribution in [0.15, 0.2) is 0 Å². The lowest BCUT2D eigenvalue weighted by Gasteiger charge is -2.50. The van der Waals surface area contributed by atoms with Gasteiger partial charge in [-0.1, -0.05) is 0 Å². The van der Waals surface area contributed by atoms with Gasteiger partial charge in [0.2, 0.25) is 0 Å². The Labute approximate surface area is 434 Å². The lowest BCUT2D eigenvalue weighted by atomic mass is 9.94. The Morgan fingerprint density at radius 2 is 0.312 bits per heavy atom. The average Bonchev–Trinajstić information content (AvgIpc) is 3.43. The highest BCUT2D eigenvalue weighted by Gasteiger charge is 2.59. The van der Waals surface area contributed by atoms with Gasteiger partial charge < -0.3 is 174 Å². The molecule has 17 rings (SSSR count). The van der Waals surface area contributed by atoms with Gasteiger partial charge in [-0.15, -0.1) is 0 Å². The molecule has 17 aliphatic rings. The summed E-state index contributed by atoms with van der Waals surface area (Å²) in [6.45, 7) is -7.35. The molecule has 17 aliphatic heterocycles. The van der Waals surface area contributed by atoms with Gasteiger partial charge in [0.15, 0.2) is 44.0 Å². The van der Waals surface area contributed by atoms with Crippen molar-refractivity contribution < 1.29 is 174 Å². The number of ether oxygens (including phenoxy) is 14. The van der Waals surface area contributed by atoms with Gasteiger partial charge in [0.25, 0.3) is 0 Å². The van der Waals surface area contributed by atoms with Crippen LogP contribution in [-0.2, 0) is 66.3 Å². The molecule has 17 fully saturated rings. The molecule has 0 spiro atoms. The predicted molar refractivity (Wildman–Crippen MR) is 228 cm³/mol.